The van der Waals surface area contributed by atoms with Gasteiger partial charge in [-0.2, -0.15) is 13.2 Å². The van der Waals surface area contributed by atoms with E-state index in [1.807, 2.05) is 0 Å². The summed E-state index contributed by atoms with van der Waals surface area (Å²) in [5.41, 5.74) is 3.83. The third-order valence-electron chi connectivity index (χ3n) is 4.83. The van der Waals surface area contributed by atoms with Crippen LogP contribution in [0.1, 0.15) is 22.6 Å². The van der Waals surface area contributed by atoms with Gasteiger partial charge in [-0.15, -0.1) is 0 Å². The van der Waals surface area contributed by atoms with Gasteiger partial charge in [0.05, 0.1) is 23.5 Å². The van der Waals surface area contributed by atoms with Crippen LogP contribution in [0.5, 0.6) is 5.75 Å². The Kier molecular flexibility index (Phi) is 6.43. The van der Waals surface area contributed by atoms with Gasteiger partial charge in [-0.25, -0.2) is 17.9 Å². The Morgan fingerprint density at radius 3 is 2.33 bits per heavy atom. The third-order valence-corrected chi connectivity index (χ3v) is 5.78. The van der Waals surface area contributed by atoms with Gasteiger partial charge in [0.1, 0.15) is 11.6 Å². The molecule has 0 aliphatic rings. The summed E-state index contributed by atoms with van der Waals surface area (Å²) in [6.07, 6.45) is -3.09. The molecule has 12 heteroatoms. The number of primary sulfonamides is 1. The minimum Gasteiger partial charge on any atom is -0.497 e. The molecule has 2 aromatic carbocycles. The minimum absolute atomic E-state index is 0.0284. The number of amides is 1. The first-order valence-corrected chi connectivity index (χ1v) is 10.7. The van der Waals surface area contributed by atoms with Gasteiger partial charge >= 0.3 is 6.18 Å². The van der Waals surface area contributed by atoms with Crippen LogP contribution in [-0.4, -0.2) is 26.4 Å². The molecule has 1 aromatic heterocycles. The van der Waals surface area contributed by atoms with E-state index in [1.54, 1.807) is 0 Å². The number of methoxy groups -OCH3 is 1. The average molecular weight is 483 g/mol. The zero-order valence-corrected chi connectivity index (χ0v) is 17.7. The monoisotopic (exact) mass is 483 g/mol. The second-order valence-corrected chi connectivity index (χ2v) is 8.51. The summed E-state index contributed by atoms with van der Waals surface area (Å²) in [6.45, 7) is 0. The second kappa shape index (κ2) is 8.79. The van der Waals surface area contributed by atoms with E-state index in [-0.39, 0.29) is 28.0 Å². The summed E-state index contributed by atoms with van der Waals surface area (Å²) in [6, 6.07) is 7.76. The number of aromatic nitrogens is 1. The quantitative estimate of drug-likeness (QED) is 0.521. The number of pyridine rings is 1. The molecule has 1 unspecified atom stereocenters. The van der Waals surface area contributed by atoms with Crippen molar-refractivity contribution in [2.24, 2.45) is 10.9 Å². The van der Waals surface area contributed by atoms with Gasteiger partial charge in [-0.3, -0.25) is 9.78 Å². The summed E-state index contributed by atoms with van der Waals surface area (Å²) in [4.78, 5) is 15.1. The maximum Gasteiger partial charge on any atom is 0.417 e. The summed E-state index contributed by atoms with van der Waals surface area (Å²) < 4.78 is 83.3. The molecule has 33 heavy (non-hydrogen) atoms. The van der Waals surface area contributed by atoms with Crippen molar-refractivity contribution in [2.45, 2.75) is 17.0 Å². The van der Waals surface area contributed by atoms with E-state index >= 15 is 0 Å². The van der Waals surface area contributed by atoms with E-state index in [9.17, 15) is 30.8 Å². The zero-order valence-electron chi connectivity index (χ0n) is 16.9. The van der Waals surface area contributed by atoms with Crippen molar-refractivity contribution in [3.8, 4) is 16.9 Å². The van der Waals surface area contributed by atoms with Crippen LogP contribution in [0.25, 0.3) is 11.1 Å². The van der Waals surface area contributed by atoms with E-state index in [1.165, 1.54) is 25.3 Å². The number of nitrogens with two attached hydrogens (primary N) is 2. The van der Waals surface area contributed by atoms with E-state index in [2.05, 4.69) is 4.98 Å². The largest absolute Gasteiger partial charge is 0.497 e. The van der Waals surface area contributed by atoms with Crippen molar-refractivity contribution < 1.29 is 35.5 Å². The summed E-state index contributed by atoms with van der Waals surface area (Å²) in [7, 11) is -3.17. The number of nitrogens with zero attached hydrogens (tertiary/aromatic N) is 1. The van der Waals surface area contributed by atoms with Crippen molar-refractivity contribution in [1.29, 1.82) is 0 Å². The molecule has 0 fully saturated rings. The van der Waals surface area contributed by atoms with E-state index < -0.39 is 44.3 Å². The lowest BCUT2D eigenvalue weighted by atomic mass is 9.89. The molecular formula is C21H17F4N3O4S. The Balaban J connectivity index is 2.21. The molecule has 3 rings (SSSR count). The fourth-order valence-electron chi connectivity index (χ4n) is 3.30. The van der Waals surface area contributed by atoms with Crippen molar-refractivity contribution >= 4 is 15.9 Å². The van der Waals surface area contributed by atoms with Crippen LogP contribution in [0.3, 0.4) is 0 Å². The van der Waals surface area contributed by atoms with Crippen molar-refractivity contribution in [3.05, 3.63) is 77.4 Å². The Bertz CT molecular complexity index is 1330. The molecule has 0 saturated carbocycles. The first-order chi connectivity index (χ1) is 15.3. The zero-order chi connectivity index (χ0) is 24.6. The number of carbonyl (C=O) groups is 1. The van der Waals surface area contributed by atoms with E-state index in [0.29, 0.717) is 12.3 Å². The number of carbonyl (C=O) groups excluding carboxylic acids is 1. The van der Waals surface area contributed by atoms with Crippen LogP contribution in [0.4, 0.5) is 17.6 Å². The Morgan fingerprint density at radius 1 is 1.09 bits per heavy atom. The lowest BCUT2D eigenvalue weighted by molar-refractivity contribution is -0.137. The maximum atomic E-state index is 14.6. The van der Waals surface area contributed by atoms with Gasteiger partial charge < -0.3 is 10.5 Å². The number of hydrogen-bond donors (Lipinski definition) is 2. The molecule has 7 nitrogen and oxygen atoms in total. The van der Waals surface area contributed by atoms with Crippen LogP contribution >= 0.6 is 0 Å². The summed E-state index contributed by atoms with van der Waals surface area (Å²) in [5.74, 6) is -3.06. The standard InChI is InChI=1S/C21H17F4N3O4S/c1-32-14-3-5-16(17(22)8-14)19(20(26)29)11-2-4-15(18(7-11)33(27,30)31)12-6-13(10-28-9-12)21(23,24)25/h2-10,19H,1H3,(H2,26,29)(H2,27,30,31). The van der Waals surface area contributed by atoms with Crippen molar-refractivity contribution in [3.63, 3.8) is 0 Å². The Hall–Kier alpha value is -3.51. The van der Waals surface area contributed by atoms with E-state index in [4.69, 9.17) is 15.6 Å². The number of sulfonamides is 1. The average Bonchev–Trinajstić information content (AvgIpc) is 2.73. The molecule has 0 saturated heterocycles. The number of halogens is 4. The number of hydrogen-bond acceptors (Lipinski definition) is 5. The predicted octanol–water partition coefficient (Wildman–Crippen LogP) is 3.18. The van der Waals surface area contributed by atoms with Gasteiger partial charge in [-0.1, -0.05) is 18.2 Å². The first kappa shape index (κ1) is 24.1. The normalized spacial score (nSPS) is 12.9. The molecule has 0 spiro atoms. The Morgan fingerprint density at radius 2 is 1.79 bits per heavy atom. The smallest absolute Gasteiger partial charge is 0.417 e. The van der Waals surface area contributed by atoms with Gasteiger partial charge in [0.15, 0.2) is 0 Å². The molecule has 0 aliphatic heterocycles. The SMILES string of the molecule is COc1ccc(C(C(N)=O)c2ccc(-c3cncc(C(F)(F)F)c3)c(S(N)(=O)=O)c2)c(F)c1. The van der Waals surface area contributed by atoms with Crippen LogP contribution in [0.15, 0.2) is 59.8 Å². The van der Waals surface area contributed by atoms with Gasteiger partial charge in [0, 0.05) is 35.2 Å². The highest BCUT2D eigenvalue weighted by Gasteiger charge is 2.32. The first-order valence-electron chi connectivity index (χ1n) is 9.15. The molecule has 1 heterocycles. The topological polar surface area (TPSA) is 125 Å². The lowest BCUT2D eigenvalue weighted by Crippen LogP contribution is -2.24. The molecule has 3 aromatic rings. The fourth-order valence-corrected chi connectivity index (χ4v) is 4.09. The highest BCUT2D eigenvalue weighted by Crippen LogP contribution is 2.36. The fraction of sp³-hybridized carbons (Fsp3) is 0.143. The van der Waals surface area contributed by atoms with Crippen LogP contribution in [-0.2, 0) is 21.0 Å². The second-order valence-electron chi connectivity index (χ2n) is 6.98. The molecule has 174 valence electrons. The van der Waals surface area contributed by atoms with Gasteiger partial charge in [-0.05, 0) is 23.8 Å². The Labute approximate surface area is 186 Å². The number of alkyl halides is 3. The predicted molar refractivity (Wildman–Crippen MR) is 110 cm³/mol. The number of rotatable bonds is 6. The van der Waals surface area contributed by atoms with Crippen LogP contribution in [0.2, 0.25) is 0 Å². The van der Waals surface area contributed by atoms with Gasteiger partial charge in [0.2, 0.25) is 15.9 Å². The molecular weight excluding hydrogens is 466 g/mol. The minimum atomic E-state index is -4.71. The highest BCUT2D eigenvalue weighted by molar-refractivity contribution is 7.89. The molecule has 1 amide bonds. The molecule has 1 atom stereocenters. The van der Waals surface area contributed by atoms with Crippen molar-refractivity contribution in [2.75, 3.05) is 7.11 Å². The van der Waals surface area contributed by atoms with Crippen LogP contribution < -0.4 is 15.6 Å². The lowest BCUT2D eigenvalue weighted by Gasteiger charge is -2.18. The maximum absolute atomic E-state index is 14.6. The van der Waals surface area contributed by atoms with Crippen LogP contribution in [0, 0.1) is 5.82 Å². The van der Waals surface area contributed by atoms with E-state index in [0.717, 1.165) is 24.4 Å². The van der Waals surface area contributed by atoms with Gasteiger partial charge in [0.25, 0.3) is 0 Å². The molecule has 0 aliphatic carbocycles. The summed E-state index contributed by atoms with van der Waals surface area (Å²) >= 11 is 0. The number of benzene rings is 2. The third kappa shape index (κ3) is 5.12. The highest BCUT2D eigenvalue weighted by atomic mass is 32.2. The molecule has 0 radical (unpaired) electrons. The number of primary amides is 1. The number of ether oxygens (including phenoxy) is 1. The summed E-state index contributed by atoms with van der Waals surface area (Å²) in [5, 5.41) is 5.29. The molecule has 4 N–H and O–H groups in total. The molecule has 0 bridgehead atoms. The van der Waals surface area contributed by atoms with Crippen molar-refractivity contribution in [1.82, 2.24) is 4.98 Å².